The number of ether oxygens (including phenoxy) is 1. The second-order valence-corrected chi connectivity index (χ2v) is 5.38. The number of nitrogens with zero attached hydrogens (tertiary/aromatic N) is 1. The predicted octanol–water partition coefficient (Wildman–Crippen LogP) is 1.73. The number of carbonyl (C=O) groups excluding carboxylic acids is 2. The molecule has 2 saturated heterocycles. The summed E-state index contributed by atoms with van der Waals surface area (Å²) in [6.45, 7) is 5.56. The highest BCUT2D eigenvalue weighted by Gasteiger charge is 2.48. The van der Waals surface area contributed by atoms with Crippen molar-refractivity contribution in [2.45, 2.75) is 57.7 Å². The second kappa shape index (κ2) is 3.22. The van der Waals surface area contributed by atoms with Crippen molar-refractivity contribution >= 4 is 11.9 Å². The maximum absolute atomic E-state index is 11.8. The minimum Gasteiger partial charge on any atom is -0.444 e. The van der Waals surface area contributed by atoms with E-state index in [4.69, 9.17) is 4.74 Å². The van der Waals surface area contributed by atoms with Gasteiger partial charge in [-0.2, -0.15) is 0 Å². The Morgan fingerprint density at radius 1 is 1.33 bits per heavy atom. The van der Waals surface area contributed by atoms with E-state index in [-0.39, 0.29) is 24.0 Å². The lowest BCUT2D eigenvalue weighted by Crippen LogP contribution is -2.63. The van der Waals surface area contributed by atoms with Gasteiger partial charge in [0.1, 0.15) is 11.4 Å². The summed E-state index contributed by atoms with van der Waals surface area (Å²) in [6, 6.07) is 0.206. The fourth-order valence-corrected chi connectivity index (χ4v) is 2.29. The average molecular weight is 211 g/mol. The Morgan fingerprint density at radius 3 is 2.33 bits per heavy atom. The maximum atomic E-state index is 11.8. The van der Waals surface area contributed by atoms with E-state index < -0.39 is 5.60 Å². The van der Waals surface area contributed by atoms with Gasteiger partial charge in [-0.15, -0.1) is 0 Å². The molecule has 0 unspecified atom stereocenters. The van der Waals surface area contributed by atoms with Gasteiger partial charge >= 0.3 is 6.09 Å². The first-order valence-electron chi connectivity index (χ1n) is 5.40. The Morgan fingerprint density at radius 2 is 1.87 bits per heavy atom. The summed E-state index contributed by atoms with van der Waals surface area (Å²) >= 11 is 0. The summed E-state index contributed by atoms with van der Waals surface area (Å²) in [5.41, 5.74) is -0.453. The van der Waals surface area contributed by atoms with Crippen LogP contribution in [0.3, 0.4) is 0 Å². The van der Waals surface area contributed by atoms with Crippen molar-refractivity contribution in [3.05, 3.63) is 0 Å². The number of hydrogen-bond acceptors (Lipinski definition) is 3. The van der Waals surface area contributed by atoms with Gasteiger partial charge in [-0.3, -0.25) is 4.79 Å². The van der Waals surface area contributed by atoms with Crippen molar-refractivity contribution in [2.75, 3.05) is 0 Å². The minimum absolute atomic E-state index is 0.103. The molecular formula is C11H17NO3. The lowest BCUT2D eigenvalue weighted by Gasteiger charge is -2.51. The molecule has 1 amide bonds. The van der Waals surface area contributed by atoms with Crippen LogP contribution in [-0.4, -0.2) is 34.5 Å². The number of piperidine rings is 1. The van der Waals surface area contributed by atoms with Gasteiger partial charge < -0.3 is 9.64 Å². The number of amides is 1. The molecule has 0 aromatic rings. The molecule has 0 aromatic carbocycles. The van der Waals surface area contributed by atoms with E-state index in [1.165, 1.54) is 0 Å². The van der Waals surface area contributed by atoms with Crippen molar-refractivity contribution in [2.24, 2.45) is 0 Å². The van der Waals surface area contributed by atoms with Gasteiger partial charge in [0.15, 0.2) is 0 Å². The molecule has 0 N–H and O–H groups in total. The number of hydrogen-bond donors (Lipinski definition) is 0. The summed E-state index contributed by atoms with van der Waals surface area (Å²) < 4.78 is 5.29. The molecule has 1 saturated carbocycles. The lowest BCUT2D eigenvalue weighted by atomic mass is 9.79. The molecule has 84 valence electrons. The number of Topliss-reactive ketones (excluding diaryl/α,β-unsaturated/α-hetero) is 1. The third-order valence-electron chi connectivity index (χ3n) is 2.86. The standard InChI is InChI=1S/C11H17NO3/c1-11(2,3)15-10(14)12-7-4-8(12)6-9(13)5-7/h7-8H,4-6H2,1-3H3/t7-,8-/m1/s1. The minimum atomic E-state index is -0.453. The van der Waals surface area contributed by atoms with Crippen LogP contribution in [0.4, 0.5) is 4.79 Å². The summed E-state index contributed by atoms with van der Waals surface area (Å²) in [4.78, 5) is 24.7. The molecule has 2 bridgehead atoms. The molecular weight excluding hydrogens is 194 g/mol. The molecule has 0 radical (unpaired) electrons. The van der Waals surface area contributed by atoms with Gasteiger partial charge in [0.2, 0.25) is 0 Å². The van der Waals surface area contributed by atoms with E-state index in [1.54, 1.807) is 4.90 Å². The molecule has 0 spiro atoms. The van der Waals surface area contributed by atoms with Gasteiger partial charge in [0, 0.05) is 24.9 Å². The van der Waals surface area contributed by atoms with Crippen molar-refractivity contribution in [1.82, 2.24) is 4.90 Å². The molecule has 1 aliphatic carbocycles. The van der Waals surface area contributed by atoms with Gasteiger partial charge in [-0.05, 0) is 27.2 Å². The van der Waals surface area contributed by atoms with E-state index in [9.17, 15) is 9.59 Å². The van der Waals surface area contributed by atoms with Gasteiger partial charge in [0.05, 0.1) is 0 Å². The van der Waals surface area contributed by atoms with Crippen LogP contribution in [-0.2, 0) is 9.53 Å². The van der Waals surface area contributed by atoms with Gasteiger partial charge in [0.25, 0.3) is 0 Å². The van der Waals surface area contributed by atoms with Crippen LogP contribution in [0.5, 0.6) is 0 Å². The Labute approximate surface area is 89.6 Å². The zero-order valence-corrected chi connectivity index (χ0v) is 9.45. The first-order chi connectivity index (χ1) is 6.87. The fraction of sp³-hybridized carbons (Fsp3) is 0.818. The number of carbonyl (C=O) groups is 2. The van der Waals surface area contributed by atoms with Gasteiger partial charge in [-0.1, -0.05) is 0 Å². The Bertz CT molecular complexity index is 291. The van der Waals surface area contributed by atoms with Crippen LogP contribution in [0.1, 0.15) is 40.0 Å². The molecule has 3 rings (SSSR count). The summed E-state index contributed by atoms with van der Waals surface area (Å²) in [5.74, 6) is 0.274. The van der Waals surface area contributed by atoms with Crippen molar-refractivity contribution < 1.29 is 14.3 Å². The molecule has 3 aliphatic rings. The van der Waals surface area contributed by atoms with E-state index in [1.807, 2.05) is 20.8 Å². The van der Waals surface area contributed by atoms with Crippen LogP contribution in [0.25, 0.3) is 0 Å². The van der Waals surface area contributed by atoms with E-state index in [0.29, 0.717) is 12.8 Å². The van der Waals surface area contributed by atoms with Crippen LogP contribution < -0.4 is 0 Å². The highest BCUT2D eigenvalue weighted by Crippen LogP contribution is 2.37. The molecule has 2 heterocycles. The highest BCUT2D eigenvalue weighted by atomic mass is 16.6. The third-order valence-corrected chi connectivity index (χ3v) is 2.86. The number of rotatable bonds is 0. The first kappa shape index (κ1) is 10.5. The molecule has 2 aliphatic heterocycles. The molecule has 4 heteroatoms. The second-order valence-electron chi connectivity index (χ2n) is 5.38. The zero-order valence-electron chi connectivity index (χ0n) is 9.45. The Balaban J connectivity index is 1.96. The summed E-state index contributed by atoms with van der Waals surface area (Å²) in [5, 5.41) is 0. The maximum Gasteiger partial charge on any atom is 0.410 e. The molecule has 15 heavy (non-hydrogen) atoms. The molecule has 3 fully saturated rings. The molecule has 2 atom stereocenters. The van der Waals surface area contributed by atoms with Crippen molar-refractivity contribution in [1.29, 1.82) is 0 Å². The van der Waals surface area contributed by atoms with Crippen LogP contribution >= 0.6 is 0 Å². The molecule has 4 nitrogen and oxygen atoms in total. The van der Waals surface area contributed by atoms with Crippen molar-refractivity contribution in [3.63, 3.8) is 0 Å². The van der Waals surface area contributed by atoms with E-state index in [0.717, 1.165) is 6.42 Å². The van der Waals surface area contributed by atoms with Crippen molar-refractivity contribution in [3.8, 4) is 0 Å². The summed E-state index contributed by atoms with van der Waals surface area (Å²) in [6.07, 6.45) is 1.72. The monoisotopic (exact) mass is 211 g/mol. The van der Waals surface area contributed by atoms with Crippen LogP contribution in [0.2, 0.25) is 0 Å². The number of ketones is 1. The quantitative estimate of drug-likeness (QED) is 0.613. The smallest absolute Gasteiger partial charge is 0.410 e. The normalized spacial score (nSPS) is 29.8. The average Bonchev–Trinajstić information content (AvgIpc) is 1.98. The van der Waals surface area contributed by atoms with E-state index >= 15 is 0 Å². The first-order valence-corrected chi connectivity index (χ1v) is 5.40. The van der Waals surface area contributed by atoms with Crippen LogP contribution in [0, 0.1) is 0 Å². The fourth-order valence-electron chi connectivity index (χ4n) is 2.29. The Hall–Kier alpha value is -1.06. The van der Waals surface area contributed by atoms with E-state index in [2.05, 4.69) is 0 Å². The highest BCUT2D eigenvalue weighted by molar-refractivity contribution is 5.84. The van der Waals surface area contributed by atoms with Gasteiger partial charge in [-0.25, -0.2) is 4.79 Å². The zero-order chi connectivity index (χ0) is 11.2. The third kappa shape index (κ3) is 1.98. The largest absolute Gasteiger partial charge is 0.444 e. The summed E-state index contributed by atoms with van der Waals surface area (Å²) in [7, 11) is 0. The topological polar surface area (TPSA) is 46.6 Å². The number of fused-ring (bicyclic) bond motifs is 2. The SMILES string of the molecule is CC(C)(C)OC(=O)N1[C@H]2CC(=O)C[C@H]1C2. The van der Waals surface area contributed by atoms with Crippen LogP contribution in [0.15, 0.2) is 0 Å². The Kier molecular flexibility index (Phi) is 2.24. The molecule has 0 aromatic heterocycles. The predicted molar refractivity (Wildman–Crippen MR) is 54.5 cm³/mol. The lowest BCUT2D eigenvalue weighted by molar-refractivity contribution is -0.132.